The van der Waals surface area contributed by atoms with E-state index in [0.717, 1.165) is 45.3 Å². The van der Waals surface area contributed by atoms with Crippen molar-refractivity contribution in [2.24, 2.45) is 0 Å². The largest absolute Gasteiger partial charge is 0.476 e. The molecule has 0 aromatic carbocycles. The second-order valence-corrected chi connectivity index (χ2v) is 9.00. The zero-order valence-corrected chi connectivity index (χ0v) is 21.9. The van der Waals surface area contributed by atoms with Crippen LogP contribution in [0.3, 0.4) is 0 Å². The monoisotopic (exact) mass is 456 g/mol. The van der Waals surface area contributed by atoms with Gasteiger partial charge in [-0.05, 0) is 44.6 Å². The summed E-state index contributed by atoms with van der Waals surface area (Å²) in [5.74, 6) is 0. The van der Waals surface area contributed by atoms with Gasteiger partial charge < -0.3 is 18.9 Å². The molecule has 0 N–H and O–H groups in total. The molecule has 4 heteroatoms. The number of methoxy groups -OCH3 is 1. The Hall–Kier alpha value is -0.580. The van der Waals surface area contributed by atoms with E-state index in [1.54, 1.807) is 13.4 Å². The van der Waals surface area contributed by atoms with Crippen molar-refractivity contribution in [2.45, 2.75) is 142 Å². The standard InChI is InChI=1S/C28H56O4/c1-4-6-8-10-12-17-21-25-31-28(32-26-22-18-13-11-9-7-5-2)23-19-15-14-16-20-24-30-27-29-3/h20,24,28H,4-19,21-23,25-27H2,1-3H3. The van der Waals surface area contributed by atoms with E-state index in [1.165, 1.54) is 89.9 Å². The highest BCUT2D eigenvalue weighted by atomic mass is 16.7. The van der Waals surface area contributed by atoms with Gasteiger partial charge in [-0.2, -0.15) is 0 Å². The van der Waals surface area contributed by atoms with Crippen LogP contribution in [0.1, 0.15) is 136 Å². The summed E-state index contributed by atoms with van der Waals surface area (Å²) in [6.45, 7) is 6.55. The zero-order valence-electron chi connectivity index (χ0n) is 21.9. The van der Waals surface area contributed by atoms with Crippen molar-refractivity contribution in [1.82, 2.24) is 0 Å². The van der Waals surface area contributed by atoms with Crippen molar-refractivity contribution in [3.63, 3.8) is 0 Å². The maximum absolute atomic E-state index is 6.13. The first kappa shape index (κ1) is 31.4. The fraction of sp³-hybridized carbons (Fsp3) is 0.929. The summed E-state index contributed by atoms with van der Waals surface area (Å²) >= 11 is 0. The normalized spacial score (nSPS) is 11.8. The van der Waals surface area contributed by atoms with Crippen molar-refractivity contribution in [3.05, 3.63) is 12.3 Å². The smallest absolute Gasteiger partial charge is 0.187 e. The molecule has 0 aliphatic rings. The first-order valence-corrected chi connectivity index (χ1v) is 13.8. The van der Waals surface area contributed by atoms with Gasteiger partial charge in [0.2, 0.25) is 0 Å². The number of rotatable bonds is 27. The third-order valence-corrected chi connectivity index (χ3v) is 5.79. The summed E-state index contributed by atoms with van der Waals surface area (Å²) < 4.78 is 22.3. The van der Waals surface area contributed by atoms with E-state index >= 15 is 0 Å². The first-order chi connectivity index (χ1) is 15.8. The van der Waals surface area contributed by atoms with E-state index in [2.05, 4.69) is 19.9 Å². The van der Waals surface area contributed by atoms with Crippen LogP contribution >= 0.6 is 0 Å². The highest BCUT2D eigenvalue weighted by molar-refractivity contribution is 4.72. The molecule has 0 heterocycles. The SMILES string of the molecule is CCCCCCCCCOC(CCCCCC=COCOC)OCCCCCCCCC. The summed E-state index contributed by atoms with van der Waals surface area (Å²) in [6.07, 6.45) is 27.9. The Bertz CT molecular complexity index is 339. The van der Waals surface area contributed by atoms with Crippen LogP contribution < -0.4 is 0 Å². The van der Waals surface area contributed by atoms with Crippen LogP contribution in [-0.4, -0.2) is 33.4 Å². The average molecular weight is 457 g/mol. The molecule has 0 radical (unpaired) electrons. The Balaban J connectivity index is 3.89. The quantitative estimate of drug-likeness (QED) is 0.0702. The van der Waals surface area contributed by atoms with Gasteiger partial charge in [0.1, 0.15) is 0 Å². The molecule has 0 atom stereocenters. The van der Waals surface area contributed by atoms with E-state index in [-0.39, 0.29) is 6.29 Å². The van der Waals surface area contributed by atoms with Gasteiger partial charge in [0, 0.05) is 20.3 Å². The Kier molecular flexibility index (Phi) is 27.9. The van der Waals surface area contributed by atoms with Crippen LogP contribution in [0.4, 0.5) is 0 Å². The predicted molar refractivity (Wildman–Crippen MR) is 137 cm³/mol. The first-order valence-electron chi connectivity index (χ1n) is 13.8. The van der Waals surface area contributed by atoms with Crippen LogP contribution in [0.15, 0.2) is 12.3 Å². The molecule has 0 saturated heterocycles. The number of hydrogen-bond acceptors (Lipinski definition) is 4. The average Bonchev–Trinajstić information content (AvgIpc) is 2.80. The van der Waals surface area contributed by atoms with Crippen LogP contribution in [0.5, 0.6) is 0 Å². The molecule has 0 spiro atoms. The van der Waals surface area contributed by atoms with Gasteiger partial charge in [0.25, 0.3) is 0 Å². The molecule has 0 amide bonds. The zero-order chi connectivity index (χ0) is 23.4. The molecule has 0 fully saturated rings. The van der Waals surface area contributed by atoms with E-state index < -0.39 is 0 Å². The Morgan fingerprint density at radius 2 is 1.09 bits per heavy atom. The van der Waals surface area contributed by atoms with Crippen LogP contribution in [-0.2, 0) is 18.9 Å². The Morgan fingerprint density at radius 1 is 0.594 bits per heavy atom. The molecule has 0 aromatic heterocycles. The number of unbranched alkanes of at least 4 members (excludes halogenated alkanes) is 15. The third-order valence-electron chi connectivity index (χ3n) is 5.79. The lowest BCUT2D eigenvalue weighted by atomic mass is 10.1. The van der Waals surface area contributed by atoms with Crippen molar-refractivity contribution in [2.75, 3.05) is 27.1 Å². The number of allylic oxidation sites excluding steroid dienone is 1. The lowest BCUT2D eigenvalue weighted by molar-refractivity contribution is -0.148. The topological polar surface area (TPSA) is 36.9 Å². The van der Waals surface area contributed by atoms with Crippen molar-refractivity contribution in [1.29, 1.82) is 0 Å². The highest BCUT2D eigenvalue weighted by Gasteiger charge is 2.09. The van der Waals surface area contributed by atoms with E-state index in [1.807, 2.05) is 0 Å². The maximum atomic E-state index is 6.13. The van der Waals surface area contributed by atoms with Crippen LogP contribution in [0.25, 0.3) is 0 Å². The minimum atomic E-state index is -0.0178. The molecule has 0 rings (SSSR count). The molecule has 192 valence electrons. The van der Waals surface area contributed by atoms with Crippen molar-refractivity contribution < 1.29 is 18.9 Å². The van der Waals surface area contributed by atoms with Crippen LogP contribution in [0, 0.1) is 0 Å². The summed E-state index contributed by atoms with van der Waals surface area (Å²) in [5, 5.41) is 0. The van der Waals surface area contributed by atoms with Crippen LogP contribution in [0.2, 0.25) is 0 Å². The Morgan fingerprint density at radius 3 is 1.62 bits per heavy atom. The molecule has 32 heavy (non-hydrogen) atoms. The van der Waals surface area contributed by atoms with E-state index in [4.69, 9.17) is 18.9 Å². The summed E-state index contributed by atoms with van der Waals surface area (Å²) in [4.78, 5) is 0. The summed E-state index contributed by atoms with van der Waals surface area (Å²) in [5.41, 5.74) is 0. The maximum Gasteiger partial charge on any atom is 0.187 e. The minimum absolute atomic E-state index is 0.0178. The lowest BCUT2D eigenvalue weighted by Crippen LogP contribution is -2.19. The van der Waals surface area contributed by atoms with Gasteiger partial charge in [-0.1, -0.05) is 97.3 Å². The molecular weight excluding hydrogens is 400 g/mol. The van der Waals surface area contributed by atoms with Gasteiger partial charge in [0.05, 0.1) is 6.26 Å². The molecular formula is C28H56O4. The van der Waals surface area contributed by atoms with E-state index in [9.17, 15) is 0 Å². The molecule has 0 aliphatic carbocycles. The Labute approximate surface area is 200 Å². The van der Waals surface area contributed by atoms with Gasteiger partial charge in [-0.25, -0.2) is 0 Å². The second-order valence-electron chi connectivity index (χ2n) is 9.00. The molecule has 0 aliphatic heterocycles. The molecule has 0 aromatic rings. The minimum Gasteiger partial charge on any atom is -0.476 e. The second kappa shape index (κ2) is 28.5. The lowest BCUT2D eigenvalue weighted by Gasteiger charge is -2.19. The van der Waals surface area contributed by atoms with Gasteiger partial charge in [-0.3, -0.25) is 0 Å². The highest BCUT2D eigenvalue weighted by Crippen LogP contribution is 2.14. The molecule has 4 nitrogen and oxygen atoms in total. The van der Waals surface area contributed by atoms with Gasteiger partial charge >= 0.3 is 0 Å². The van der Waals surface area contributed by atoms with Crippen molar-refractivity contribution in [3.8, 4) is 0 Å². The third kappa shape index (κ3) is 25.7. The summed E-state index contributed by atoms with van der Waals surface area (Å²) in [7, 11) is 1.63. The fourth-order valence-electron chi connectivity index (χ4n) is 3.76. The van der Waals surface area contributed by atoms with Gasteiger partial charge in [0.15, 0.2) is 13.1 Å². The molecule has 0 unspecified atom stereocenters. The number of hydrogen-bond donors (Lipinski definition) is 0. The predicted octanol–water partition coefficient (Wildman–Crippen LogP) is 8.93. The molecule has 0 bridgehead atoms. The summed E-state index contributed by atoms with van der Waals surface area (Å²) in [6, 6.07) is 0. The fourth-order valence-corrected chi connectivity index (χ4v) is 3.76. The van der Waals surface area contributed by atoms with E-state index in [0.29, 0.717) is 6.79 Å². The van der Waals surface area contributed by atoms with Gasteiger partial charge in [-0.15, -0.1) is 0 Å². The van der Waals surface area contributed by atoms with Crippen molar-refractivity contribution >= 4 is 0 Å². The number of ether oxygens (including phenoxy) is 4. The molecule has 0 saturated carbocycles.